The van der Waals surface area contributed by atoms with Crippen molar-refractivity contribution in [3.8, 4) is 11.4 Å². The Hall–Kier alpha value is -1.46. The maximum Gasteiger partial charge on any atom is 0.186 e. The van der Waals surface area contributed by atoms with Crippen LogP contribution in [0.3, 0.4) is 0 Å². The number of rotatable bonds is 1. The number of aromatic nitrogens is 4. The first-order valence-corrected chi connectivity index (χ1v) is 6.05. The van der Waals surface area contributed by atoms with E-state index in [0.29, 0.717) is 16.6 Å². The molecule has 0 aliphatic carbocycles. The Bertz CT molecular complexity index is 695. The van der Waals surface area contributed by atoms with E-state index in [1.165, 1.54) is 0 Å². The average Bonchev–Trinajstić information content (AvgIpc) is 2.72. The maximum atomic E-state index is 5.88. The minimum absolute atomic E-state index is 0.408. The minimum atomic E-state index is 0.408. The van der Waals surface area contributed by atoms with E-state index in [4.69, 9.17) is 11.6 Å². The van der Waals surface area contributed by atoms with Crippen LogP contribution in [0.15, 0.2) is 40.9 Å². The fourth-order valence-electron chi connectivity index (χ4n) is 1.58. The number of fused-ring (bicyclic) bond motifs is 1. The number of hydrogen-bond acceptors (Lipinski definition) is 3. The van der Waals surface area contributed by atoms with Crippen molar-refractivity contribution in [1.82, 2.24) is 19.8 Å². The molecule has 0 spiro atoms. The Labute approximate surface area is 110 Å². The summed E-state index contributed by atoms with van der Waals surface area (Å²) in [4.78, 5) is 0. The molecule has 0 aliphatic heterocycles. The first kappa shape index (κ1) is 10.7. The summed E-state index contributed by atoms with van der Waals surface area (Å²) in [7, 11) is 0. The highest BCUT2D eigenvalue weighted by molar-refractivity contribution is 9.10. The molecule has 0 radical (unpaired) electrons. The van der Waals surface area contributed by atoms with Crippen LogP contribution >= 0.6 is 27.5 Å². The van der Waals surface area contributed by atoms with Crippen LogP contribution in [0.5, 0.6) is 0 Å². The highest BCUT2D eigenvalue weighted by atomic mass is 79.9. The van der Waals surface area contributed by atoms with Crippen molar-refractivity contribution in [3.63, 3.8) is 0 Å². The second-order valence-corrected chi connectivity index (χ2v) is 4.67. The van der Waals surface area contributed by atoms with Crippen molar-refractivity contribution in [2.45, 2.75) is 0 Å². The molecule has 1 aromatic carbocycles. The Morgan fingerprint density at radius 3 is 2.71 bits per heavy atom. The molecule has 0 bridgehead atoms. The van der Waals surface area contributed by atoms with Crippen molar-refractivity contribution in [2.24, 2.45) is 0 Å². The van der Waals surface area contributed by atoms with Crippen LogP contribution in [-0.2, 0) is 0 Å². The Kier molecular flexibility index (Phi) is 2.57. The summed E-state index contributed by atoms with van der Waals surface area (Å²) in [6, 6.07) is 11.2. The van der Waals surface area contributed by atoms with E-state index in [-0.39, 0.29) is 0 Å². The molecule has 6 heteroatoms. The van der Waals surface area contributed by atoms with Crippen LogP contribution in [0.25, 0.3) is 17.0 Å². The van der Waals surface area contributed by atoms with E-state index in [2.05, 4.69) is 31.2 Å². The second-order valence-electron chi connectivity index (χ2n) is 3.43. The molecular formula is C11H6BrClN4. The average molecular weight is 310 g/mol. The summed E-state index contributed by atoms with van der Waals surface area (Å²) in [5.41, 5.74) is 1.59. The van der Waals surface area contributed by atoms with Gasteiger partial charge in [-0.25, -0.2) is 0 Å². The molecule has 0 saturated heterocycles. The molecule has 4 nitrogen and oxygen atoms in total. The molecule has 0 aliphatic rings. The molecule has 3 rings (SSSR count). The van der Waals surface area contributed by atoms with E-state index in [1.807, 2.05) is 24.3 Å². The van der Waals surface area contributed by atoms with Crippen LogP contribution in [-0.4, -0.2) is 19.8 Å². The number of nitrogens with zero attached hydrogens (tertiary/aromatic N) is 4. The van der Waals surface area contributed by atoms with E-state index in [1.54, 1.807) is 16.6 Å². The van der Waals surface area contributed by atoms with Gasteiger partial charge in [0.2, 0.25) is 0 Å². The van der Waals surface area contributed by atoms with Crippen molar-refractivity contribution in [2.75, 3.05) is 0 Å². The lowest BCUT2D eigenvalue weighted by atomic mass is 10.2. The molecule has 84 valence electrons. The highest BCUT2D eigenvalue weighted by Gasteiger charge is 2.11. The lowest BCUT2D eigenvalue weighted by Gasteiger charge is -2.01. The highest BCUT2D eigenvalue weighted by Crippen LogP contribution is 2.26. The summed E-state index contributed by atoms with van der Waals surface area (Å²) in [6.07, 6.45) is 0. The molecule has 0 saturated carbocycles. The van der Waals surface area contributed by atoms with Gasteiger partial charge in [-0.1, -0.05) is 39.7 Å². The summed E-state index contributed by atoms with van der Waals surface area (Å²) in [6.45, 7) is 0. The summed E-state index contributed by atoms with van der Waals surface area (Å²) in [5.74, 6) is 0.662. The van der Waals surface area contributed by atoms with E-state index in [0.717, 1.165) is 10.0 Å². The summed E-state index contributed by atoms with van der Waals surface area (Å²) < 4.78 is 2.57. The van der Waals surface area contributed by atoms with Crippen molar-refractivity contribution >= 4 is 33.2 Å². The zero-order valence-electron chi connectivity index (χ0n) is 8.51. The van der Waals surface area contributed by atoms with Gasteiger partial charge >= 0.3 is 0 Å². The zero-order valence-corrected chi connectivity index (χ0v) is 10.9. The molecule has 0 fully saturated rings. The molecule has 0 N–H and O–H groups in total. The van der Waals surface area contributed by atoms with E-state index >= 15 is 0 Å². The number of hydrogen-bond donors (Lipinski definition) is 0. The van der Waals surface area contributed by atoms with Gasteiger partial charge in [-0.15, -0.1) is 10.2 Å². The van der Waals surface area contributed by atoms with Gasteiger partial charge in [0.25, 0.3) is 0 Å². The van der Waals surface area contributed by atoms with Crippen LogP contribution in [0.4, 0.5) is 0 Å². The Balaban J connectivity index is 2.31. The van der Waals surface area contributed by atoms with Gasteiger partial charge in [-0.05, 0) is 24.3 Å². The minimum Gasteiger partial charge on any atom is -0.191 e. The van der Waals surface area contributed by atoms with Crippen LogP contribution in [0, 0.1) is 0 Å². The quantitative estimate of drug-likeness (QED) is 0.693. The van der Waals surface area contributed by atoms with Crippen LogP contribution in [0.1, 0.15) is 0 Å². The molecule has 2 heterocycles. The van der Waals surface area contributed by atoms with Gasteiger partial charge in [0.1, 0.15) is 5.15 Å². The van der Waals surface area contributed by atoms with E-state index in [9.17, 15) is 0 Å². The molecular weight excluding hydrogens is 304 g/mol. The van der Waals surface area contributed by atoms with Crippen LogP contribution < -0.4 is 0 Å². The van der Waals surface area contributed by atoms with Crippen molar-refractivity contribution < 1.29 is 0 Å². The smallest absolute Gasteiger partial charge is 0.186 e. The molecule has 17 heavy (non-hydrogen) atoms. The van der Waals surface area contributed by atoms with Gasteiger partial charge < -0.3 is 0 Å². The SMILES string of the molecule is Clc1ccc2nnc(-c3ccccc3Br)n2n1. The predicted octanol–water partition coefficient (Wildman–Crippen LogP) is 3.21. The molecule has 3 aromatic rings. The number of halogens is 2. The molecule has 0 unspecified atom stereocenters. The maximum absolute atomic E-state index is 5.88. The largest absolute Gasteiger partial charge is 0.191 e. The first-order valence-electron chi connectivity index (χ1n) is 4.88. The molecule has 0 amide bonds. The van der Waals surface area contributed by atoms with Crippen LogP contribution in [0.2, 0.25) is 5.15 Å². The lowest BCUT2D eigenvalue weighted by molar-refractivity contribution is 0.935. The topological polar surface area (TPSA) is 43.1 Å². The third-order valence-corrected chi connectivity index (χ3v) is 3.24. The number of benzene rings is 1. The summed E-state index contributed by atoms with van der Waals surface area (Å²) >= 11 is 9.36. The first-order chi connectivity index (χ1) is 8.25. The lowest BCUT2D eigenvalue weighted by Crippen LogP contribution is -1.95. The second kappa shape index (κ2) is 4.09. The fourth-order valence-corrected chi connectivity index (χ4v) is 2.18. The zero-order chi connectivity index (χ0) is 11.8. The Morgan fingerprint density at radius 2 is 1.88 bits per heavy atom. The third-order valence-electron chi connectivity index (χ3n) is 2.35. The third kappa shape index (κ3) is 1.81. The standard InChI is InChI=1S/C11H6BrClN4/c12-8-4-2-1-3-7(8)11-15-14-10-6-5-9(13)16-17(10)11/h1-6H. The molecule has 2 aromatic heterocycles. The van der Waals surface area contributed by atoms with Gasteiger partial charge in [0, 0.05) is 10.0 Å². The normalized spacial score (nSPS) is 10.9. The van der Waals surface area contributed by atoms with Gasteiger partial charge in [0.15, 0.2) is 11.5 Å². The van der Waals surface area contributed by atoms with Gasteiger partial charge in [0.05, 0.1) is 0 Å². The van der Waals surface area contributed by atoms with Gasteiger partial charge in [-0.2, -0.15) is 9.61 Å². The molecule has 0 atom stereocenters. The Morgan fingerprint density at radius 1 is 1.06 bits per heavy atom. The van der Waals surface area contributed by atoms with Crippen molar-refractivity contribution in [1.29, 1.82) is 0 Å². The summed E-state index contributed by atoms with van der Waals surface area (Å²) in [5, 5.41) is 12.8. The predicted molar refractivity (Wildman–Crippen MR) is 68.9 cm³/mol. The fraction of sp³-hybridized carbons (Fsp3) is 0. The van der Waals surface area contributed by atoms with E-state index < -0.39 is 0 Å². The van der Waals surface area contributed by atoms with Crippen molar-refractivity contribution in [3.05, 3.63) is 46.0 Å². The van der Waals surface area contributed by atoms with Gasteiger partial charge in [-0.3, -0.25) is 0 Å². The monoisotopic (exact) mass is 308 g/mol.